The van der Waals surface area contributed by atoms with E-state index < -0.39 is 0 Å². The summed E-state index contributed by atoms with van der Waals surface area (Å²) in [6, 6.07) is 9.53. The summed E-state index contributed by atoms with van der Waals surface area (Å²) in [7, 11) is 0. The number of carbonyl (C=O) groups is 1. The molecular weight excluding hydrogens is 340 g/mol. The molecule has 3 heterocycles. The maximum Gasteiger partial charge on any atom is 0.275 e. The maximum atomic E-state index is 12.6. The first kappa shape index (κ1) is 17.4. The highest BCUT2D eigenvalue weighted by atomic mass is 16.1. The van der Waals surface area contributed by atoms with Crippen molar-refractivity contribution in [2.75, 3.05) is 42.9 Å². The van der Waals surface area contributed by atoms with Gasteiger partial charge in [-0.15, -0.1) is 0 Å². The molecule has 0 aliphatic carbocycles. The van der Waals surface area contributed by atoms with E-state index in [1.54, 1.807) is 12.4 Å². The molecule has 1 fully saturated rings. The second-order valence-electron chi connectivity index (χ2n) is 6.52. The van der Waals surface area contributed by atoms with Crippen LogP contribution in [0, 0.1) is 0 Å². The van der Waals surface area contributed by atoms with E-state index in [-0.39, 0.29) is 5.91 Å². The van der Waals surface area contributed by atoms with Crippen LogP contribution in [0.4, 0.5) is 11.5 Å². The van der Waals surface area contributed by atoms with Crippen LogP contribution >= 0.6 is 0 Å². The number of aromatic nitrogens is 3. The number of nitrogens with one attached hydrogen (secondary N) is 1. The molecule has 1 saturated heterocycles. The molecule has 1 aliphatic heterocycles. The minimum atomic E-state index is -0.289. The molecule has 1 amide bonds. The molecule has 3 aromatic rings. The first-order valence-electron chi connectivity index (χ1n) is 9.19. The Kier molecular flexibility index (Phi) is 4.93. The van der Waals surface area contributed by atoms with Crippen molar-refractivity contribution >= 4 is 28.3 Å². The fourth-order valence-corrected chi connectivity index (χ4v) is 3.29. The lowest BCUT2D eigenvalue weighted by atomic mass is 10.2. The summed E-state index contributed by atoms with van der Waals surface area (Å²) in [5.41, 5.74) is 1.71. The van der Waals surface area contributed by atoms with E-state index in [1.807, 2.05) is 30.3 Å². The van der Waals surface area contributed by atoms with Gasteiger partial charge in [0.25, 0.3) is 5.91 Å². The molecule has 0 spiro atoms. The Balaban J connectivity index is 1.46. The van der Waals surface area contributed by atoms with Crippen LogP contribution < -0.4 is 10.2 Å². The number of hydrogen-bond acceptors (Lipinski definition) is 6. The van der Waals surface area contributed by atoms with E-state index in [0.717, 1.165) is 49.4 Å². The summed E-state index contributed by atoms with van der Waals surface area (Å²) in [5, 5.41) is 3.86. The van der Waals surface area contributed by atoms with Crippen LogP contribution in [0.5, 0.6) is 0 Å². The second-order valence-corrected chi connectivity index (χ2v) is 6.52. The highest BCUT2D eigenvalue weighted by molar-refractivity contribution is 6.07. The van der Waals surface area contributed by atoms with E-state index in [2.05, 4.69) is 37.0 Å². The zero-order valence-electron chi connectivity index (χ0n) is 15.3. The van der Waals surface area contributed by atoms with Crippen molar-refractivity contribution in [1.82, 2.24) is 19.9 Å². The standard InChI is InChI=1S/C20H22N6O/c1-2-25-9-11-26(12-10-25)18-14-22-17(13-23-18)20(27)24-16-7-3-5-15-6-4-8-21-19(15)16/h3-8,13-14H,2,9-12H2,1H3,(H,24,27). The van der Waals surface area contributed by atoms with Gasteiger partial charge >= 0.3 is 0 Å². The minimum Gasteiger partial charge on any atom is -0.353 e. The lowest BCUT2D eigenvalue weighted by Crippen LogP contribution is -2.46. The first-order chi connectivity index (χ1) is 13.2. The topological polar surface area (TPSA) is 74.2 Å². The van der Waals surface area contributed by atoms with E-state index in [0.29, 0.717) is 11.4 Å². The van der Waals surface area contributed by atoms with Crippen LogP contribution in [-0.2, 0) is 0 Å². The molecule has 0 atom stereocenters. The Labute approximate surface area is 158 Å². The monoisotopic (exact) mass is 362 g/mol. The Morgan fingerprint density at radius 1 is 1.04 bits per heavy atom. The molecule has 2 aromatic heterocycles. The summed E-state index contributed by atoms with van der Waals surface area (Å²) in [4.78, 5) is 30.3. The number of nitrogens with zero attached hydrogens (tertiary/aromatic N) is 5. The van der Waals surface area contributed by atoms with Crippen LogP contribution in [0.25, 0.3) is 10.9 Å². The summed E-state index contributed by atoms with van der Waals surface area (Å²) >= 11 is 0. The predicted molar refractivity (Wildman–Crippen MR) is 106 cm³/mol. The molecule has 138 valence electrons. The van der Waals surface area contributed by atoms with Crippen LogP contribution in [0.3, 0.4) is 0 Å². The molecule has 27 heavy (non-hydrogen) atoms. The summed E-state index contributed by atoms with van der Waals surface area (Å²) < 4.78 is 0. The molecule has 0 saturated carbocycles. The zero-order valence-corrected chi connectivity index (χ0v) is 15.3. The second kappa shape index (κ2) is 7.67. The maximum absolute atomic E-state index is 12.6. The number of piperazine rings is 1. The van der Waals surface area contributed by atoms with E-state index in [1.165, 1.54) is 6.20 Å². The van der Waals surface area contributed by atoms with E-state index >= 15 is 0 Å². The number of fused-ring (bicyclic) bond motifs is 1. The zero-order chi connectivity index (χ0) is 18.6. The predicted octanol–water partition coefficient (Wildman–Crippen LogP) is 2.42. The van der Waals surface area contributed by atoms with Gasteiger partial charge < -0.3 is 15.1 Å². The number of hydrogen-bond donors (Lipinski definition) is 1. The third kappa shape index (κ3) is 3.73. The number of para-hydroxylation sites is 1. The lowest BCUT2D eigenvalue weighted by molar-refractivity contribution is 0.102. The number of amides is 1. The van der Waals surface area contributed by atoms with Crippen LogP contribution in [-0.4, -0.2) is 58.5 Å². The van der Waals surface area contributed by atoms with Crippen LogP contribution in [0.2, 0.25) is 0 Å². The van der Waals surface area contributed by atoms with Gasteiger partial charge in [0.05, 0.1) is 23.6 Å². The third-order valence-corrected chi connectivity index (χ3v) is 4.90. The van der Waals surface area contributed by atoms with E-state index in [9.17, 15) is 4.79 Å². The Bertz CT molecular complexity index is 929. The Morgan fingerprint density at radius 3 is 2.59 bits per heavy atom. The molecule has 7 heteroatoms. The van der Waals surface area contributed by atoms with Crippen molar-refractivity contribution in [3.05, 3.63) is 54.6 Å². The van der Waals surface area contributed by atoms with Crippen molar-refractivity contribution in [2.45, 2.75) is 6.92 Å². The van der Waals surface area contributed by atoms with Gasteiger partial charge in [-0.3, -0.25) is 9.78 Å². The highest BCUT2D eigenvalue weighted by Crippen LogP contribution is 2.21. The highest BCUT2D eigenvalue weighted by Gasteiger charge is 2.18. The average molecular weight is 362 g/mol. The van der Waals surface area contributed by atoms with Crippen molar-refractivity contribution in [2.24, 2.45) is 0 Å². The molecular formula is C20H22N6O. The number of anilines is 2. The van der Waals surface area contributed by atoms with Gasteiger partial charge in [-0.25, -0.2) is 9.97 Å². The SMILES string of the molecule is CCN1CCN(c2cnc(C(=O)Nc3cccc4cccnc34)cn2)CC1. The van der Waals surface area contributed by atoms with Gasteiger partial charge in [0.1, 0.15) is 11.5 Å². The summed E-state index contributed by atoms with van der Waals surface area (Å²) in [6.07, 6.45) is 4.93. The molecule has 1 aromatic carbocycles. The van der Waals surface area contributed by atoms with Crippen molar-refractivity contribution < 1.29 is 4.79 Å². The number of pyridine rings is 1. The summed E-state index contributed by atoms with van der Waals surface area (Å²) in [6.45, 7) is 7.14. The Hall–Kier alpha value is -3.06. The Morgan fingerprint density at radius 2 is 1.85 bits per heavy atom. The molecule has 0 bridgehead atoms. The van der Waals surface area contributed by atoms with Crippen molar-refractivity contribution in [3.8, 4) is 0 Å². The lowest BCUT2D eigenvalue weighted by Gasteiger charge is -2.34. The van der Waals surface area contributed by atoms with Gasteiger partial charge in [-0.05, 0) is 18.7 Å². The quantitative estimate of drug-likeness (QED) is 0.768. The van der Waals surface area contributed by atoms with Gasteiger partial charge in [0.15, 0.2) is 0 Å². The van der Waals surface area contributed by atoms with Gasteiger partial charge in [0, 0.05) is 37.8 Å². The normalized spacial score (nSPS) is 15.1. The third-order valence-electron chi connectivity index (χ3n) is 4.90. The van der Waals surface area contributed by atoms with Crippen molar-refractivity contribution in [3.63, 3.8) is 0 Å². The number of likely N-dealkylation sites (N-methyl/N-ethyl adjacent to an activating group) is 1. The number of carbonyl (C=O) groups excluding carboxylic acids is 1. The smallest absolute Gasteiger partial charge is 0.275 e. The molecule has 0 unspecified atom stereocenters. The number of rotatable bonds is 4. The van der Waals surface area contributed by atoms with Crippen LogP contribution in [0.15, 0.2) is 48.9 Å². The molecule has 1 aliphatic rings. The van der Waals surface area contributed by atoms with Gasteiger partial charge in [-0.1, -0.05) is 25.1 Å². The summed E-state index contributed by atoms with van der Waals surface area (Å²) in [5.74, 6) is 0.525. The van der Waals surface area contributed by atoms with Crippen molar-refractivity contribution in [1.29, 1.82) is 0 Å². The fourth-order valence-electron chi connectivity index (χ4n) is 3.29. The molecule has 7 nitrogen and oxygen atoms in total. The van der Waals surface area contributed by atoms with Gasteiger partial charge in [-0.2, -0.15) is 0 Å². The van der Waals surface area contributed by atoms with E-state index in [4.69, 9.17) is 0 Å². The fraction of sp³-hybridized carbons (Fsp3) is 0.300. The minimum absolute atomic E-state index is 0.289. The molecule has 0 radical (unpaired) electrons. The number of benzene rings is 1. The van der Waals surface area contributed by atoms with Crippen LogP contribution in [0.1, 0.15) is 17.4 Å². The average Bonchev–Trinajstić information content (AvgIpc) is 2.74. The molecule has 1 N–H and O–H groups in total. The first-order valence-corrected chi connectivity index (χ1v) is 9.19. The molecule has 4 rings (SSSR count). The van der Waals surface area contributed by atoms with Gasteiger partial charge in [0.2, 0.25) is 0 Å². The largest absolute Gasteiger partial charge is 0.353 e.